The lowest BCUT2D eigenvalue weighted by Gasteiger charge is -2.05. The normalized spacial score (nSPS) is 12.4. The zero-order valence-electron chi connectivity index (χ0n) is 6.69. The lowest BCUT2D eigenvalue weighted by atomic mass is 10.2. The van der Waals surface area contributed by atoms with Crippen LogP contribution in [0.4, 0.5) is 0 Å². The maximum atomic E-state index is 10.5. The molecule has 0 bridgehead atoms. The minimum absolute atomic E-state index is 0.149. The molecule has 3 nitrogen and oxygen atoms in total. The van der Waals surface area contributed by atoms with Crippen molar-refractivity contribution < 1.29 is 15.0 Å². The number of aromatic hydroxyl groups is 1. The molecule has 1 unspecified atom stereocenters. The van der Waals surface area contributed by atoms with E-state index in [9.17, 15) is 4.79 Å². The summed E-state index contributed by atoms with van der Waals surface area (Å²) >= 11 is 0. The van der Waals surface area contributed by atoms with Crippen molar-refractivity contribution in [2.45, 2.75) is 12.8 Å². The van der Waals surface area contributed by atoms with Crippen LogP contribution in [0.1, 0.15) is 18.4 Å². The summed E-state index contributed by atoms with van der Waals surface area (Å²) < 4.78 is 0. The fourth-order valence-corrected chi connectivity index (χ4v) is 0.906. The number of hydrogen-bond acceptors (Lipinski definition) is 2. The highest BCUT2D eigenvalue weighted by atomic mass is 16.5. The van der Waals surface area contributed by atoms with E-state index in [0.29, 0.717) is 5.56 Å². The van der Waals surface area contributed by atoms with Crippen LogP contribution in [0, 0.1) is 0 Å². The summed E-state index contributed by atoms with van der Waals surface area (Å²) in [6.45, 7) is 1.61. The molecule has 12 heavy (non-hydrogen) atoms. The van der Waals surface area contributed by atoms with Gasteiger partial charge < -0.3 is 10.2 Å². The molecule has 64 valence electrons. The molecule has 1 atom stereocenters. The first-order chi connectivity index (χ1) is 5.61. The first-order valence-corrected chi connectivity index (χ1v) is 3.63. The molecule has 0 aromatic heterocycles. The van der Waals surface area contributed by atoms with Crippen LogP contribution in [0.5, 0.6) is 5.75 Å². The molecule has 2 N–H and O–H groups in total. The van der Waals surface area contributed by atoms with Crippen molar-refractivity contribution in [2.24, 2.45) is 0 Å². The third kappa shape index (κ3) is 1.75. The summed E-state index contributed by atoms with van der Waals surface area (Å²) in [5.41, 5.74) is 0.695. The van der Waals surface area contributed by atoms with E-state index in [1.165, 1.54) is 12.1 Å². The van der Waals surface area contributed by atoms with Crippen molar-refractivity contribution in [3.8, 4) is 5.75 Å². The van der Waals surface area contributed by atoms with Gasteiger partial charge in [0.15, 0.2) is 0 Å². The maximum Gasteiger partial charge on any atom is 0.310 e. The zero-order valence-corrected chi connectivity index (χ0v) is 6.69. The van der Waals surface area contributed by atoms with Crippen molar-refractivity contribution >= 4 is 5.97 Å². The molecule has 0 radical (unpaired) electrons. The fraction of sp³-hybridized carbons (Fsp3) is 0.222. The lowest BCUT2D eigenvalue weighted by molar-refractivity contribution is -0.138. The van der Waals surface area contributed by atoms with Crippen LogP contribution >= 0.6 is 0 Å². The van der Waals surface area contributed by atoms with E-state index in [0.717, 1.165) is 0 Å². The Morgan fingerprint density at radius 2 is 1.83 bits per heavy atom. The second kappa shape index (κ2) is 3.26. The molecule has 0 saturated carbocycles. The molecule has 0 aliphatic rings. The van der Waals surface area contributed by atoms with Crippen molar-refractivity contribution in [1.82, 2.24) is 0 Å². The topological polar surface area (TPSA) is 57.5 Å². The van der Waals surface area contributed by atoms with E-state index in [2.05, 4.69) is 0 Å². The summed E-state index contributed by atoms with van der Waals surface area (Å²) in [4.78, 5) is 10.5. The van der Waals surface area contributed by atoms with Crippen molar-refractivity contribution in [3.05, 3.63) is 29.8 Å². The van der Waals surface area contributed by atoms with Crippen LogP contribution in [0.2, 0.25) is 0 Å². The van der Waals surface area contributed by atoms with Gasteiger partial charge in [0.2, 0.25) is 0 Å². The first kappa shape index (κ1) is 8.59. The largest absolute Gasteiger partial charge is 0.508 e. The molecule has 0 aliphatic heterocycles. The van der Waals surface area contributed by atoms with Gasteiger partial charge in [0, 0.05) is 0 Å². The lowest BCUT2D eigenvalue weighted by Crippen LogP contribution is -2.06. The number of carbonyl (C=O) groups is 1. The van der Waals surface area contributed by atoms with Gasteiger partial charge in [0.05, 0.1) is 5.92 Å². The van der Waals surface area contributed by atoms with Gasteiger partial charge in [-0.25, -0.2) is 0 Å². The predicted octanol–water partition coefficient (Wildman–Crippen LogP) is 1.58. The second-order valence-corrected chi connectivity index (χ2v) is 2.65. The van der Waals surface area contributed by atoms with Gasteiger partial charge >= 0.3 is 5.97 Å². The minimum Gasteiger partial charge on any atom is -0.508 e. The van der Waals surface area contributed by atoms with Crippen LogP contribution in [0.3, 0.4) is 0 Å². The molecule has 0 heterocycles. The Bertz CT molecular complexity index is 276. The summed E-state index contributed by atoms with van der Waals surface area (Å²) in [6.07, 6.45) is 0. The molecular formula is C9H10O3. The van der Waals surface area contributed by atoms with E-state index >= 15 is 0 Å². The molecule has 0 saturated heterocycles. The standard InChI is InChI=1S/C9H10O3/c1-6(9(11)12)7-2-4-8(10)5-3-7/h2-6,10H,1H3,(H,11,12)/i1+1,6+1,9+1. The highest BCUT2D eigenvalue weighted by Crippen LogP contribution is 2.18. The number of carboxylic acid groups (broad SMARTS) is 1. The molecule has 0 fully saturated rings. The Morgan fingerprint density at radius 3 is 2.25 bits per heavy atom. The Kier molecular flexibility index (Phi) is 2.33. The third-order valence-electron chi connectivity index (χ3n) is 1.76. The van der Waals surface area contributed by atoms with Crippen LogP contribution in [-0.2, 0) is 4.79 Å². The molecule has 0 aliphatic carbocycles. The monoisotopic (exact) mass is 169 g/mol. The summed E-state index contributed by atoms with van der Waals surface area (Å²) in [5.74, 6) is -1.23. The summed E-state index contributed by atoms with van der Waals surface area (Å²) in [5, 5.41) is 17.6. The highest BCUT2D eigenvalue weighted by molar-refractivity contribution is 5.75. The Balaban J connectivity index is 2.89. The number of phenolic OH excluding ortho intramolecular Hbond substituents is 1. The Morgan fingerprint density at radius 1 is 1.33 bits per heavy atom. The van der Waals surface area contributed by atoms with Crippen LogP contribution in [-0.4, -0.2) is 16.2 Å². The highest BCUT2D eigenvalue weighted by Gasteiger charge is 2.12. The summed E-state index contributed by atoms with van der Waals surface area (Å²) in [7, 11) is 0. The molecule has 1 aromatic rings. The maximum absolute atomic E-state index is 10.5. The van der Waals surface area contributed by atoms with Crippen LogP contribution < -0.4 is 0 Å². The number of hydrogen-bond donors (Lipinski definition) is 2. The van der Waals surface area contributed by atoms with Crippen molar-refractivity contribution in [2.75, 3.05) is 0 Å². The van der Waals surface area contributed by atoms with Crippen molar-refractivity contribution in [3.63, 3.8) is 0 Å². The second-order valence-electron chi connectivity index (χ2n) is 2.65. The fourth-order valence-electron chi connectivity index (χ4n) is 0.906. The third-order valence-corrected chi connectivity index (χ3v) is 1.76. The van der Waals surface area contributed by atoms with E-state index in [1.54, 1.807) is 19.1 Å². The zero-order chi connectivity index (χ0) is 9.14. The van der Waals surface area contributed by atoms with Crippen LogP contribution in [0.25, 0.3) is 0 Å². The van der Waals surface area contributed by atoms with Gasteiger partial charge in [0.25, 0.3) is 0 Å². The average molecular weight is 169 g/mol. The number of phenols is 1. The minimum atomic E-state index is -0.860. The average Bonchev–Trinajstić information content (AvgIpc) is 2.04. The number of rotatable bonds is 2. The Hall–Kier alpha value is -1.51. The number of carboxylic acids is 1. The molecule has 3 heteroatoms. The van der Waals surface area contributed by atoms with Crippen molar-refractivity contribution in [1.29, 1.82) is 0 Å². The molecule has 0 spiro atoms. The molecule has 0 amide bonds. The Labute approximate surface area is 70.3 Å². The smallest absolute Gasteiger partial charge is 0.310 e. The number of aliphatic carboxylic acids is 1. The molecule has 1 aromatic carbocycles. The van der Waals surface area contributed by atoms with Gasteiger partial charge in [-0.05, 0) is 24.6 Å². The first-order valence-electron chi connectivity index (χ1n) is 3.63. The number of benzene rings is 1. The predicted molar refractivity (Wildman–Crippen MR) is 44.2 cm³/mol. The quantitative estimate of drug-likeness (QED) is 0.661. The van der Waals surface area contributed by atoms with Gasteiger partial charge in [-0.15, -0.1) is 0 Å². The van der Waals surface area contributed by atoms with Gasteiger partial charge in [0.1, 0.15) is 5.75 Å². The SMILES string of the molecule is [13CH3][13CH](c1ccc(O)cc1)[13C](=O)O. The van der Waals surface area contributed by atoms with E-state index in [1.807, 2.05) is 0 Å². The van der Waals surface area contributed by atoms with E-state index < -0.39 is 11.9 Å². The van der Waals surface area contributed by atoms with E-state index in [-0.39, 0.29) is 5.75 Å². The van der Waals surface area contributed by atoms with Gasteiger partial charge in [-0.2, -0.15) is 0 Å². The van der Waals surface area contributed by atoms with Gasteiger partial charge in [-0.3, -0.25) is 4.79 Å². The molecular weight excluding hydrogens is 159 g/mol. The molecule has 1 rings (SSSR count). The summed E-state index contributed by atoms with van der Waals surface area (Å²) in [6, 6.07) is 6.17. The van der Waals surface area contributed by atoms with E-state index in [4.69, 9.17) is 10.2 Å². The van der Waals surface area contributed by atoms with Gasteiger partial charge in [-0.1, -0.05) is 12.1 Å². The van der Waals surface area contributed by atoms with Crippen LogP contribution in [0.15, 0.2) is 24.3 Å².